The number of rotatable bonds is 5. The maximum absolute atomic E-state index is 12.5. The van der Waals surface area contributed by atoms with Gasteiger partial charge in [0, 0.05) is 26.8 Å². The number of benzene rings is 1. The molecule has 1 fully saturated rings. The normalized spacial score (nSPS) is 18.7. The first-order chi connectivity index (χ1) is 10.1. The molecule has 1 saturated heterocycles. The van der Waals surface area contributed by atoms with E-state index >= 15 is 0 Å². The molecule has 2 rings (SSSR count). The maximum Gasteiger partial charge on any atom is 0.257 e. The molecule has 2 N–H and O–H groups in total. The third-order valence-corrected chi connectivity index (χ3v) is 4.01. The van der Waals surface area contributed by atoms with Crippen molar-refractivity contribution in [3.05, 3.63) is 23.8 Å². The number of nitrogens with zero attached hydrogens (tertiary/aromatic N) is 1. The lowest BCUT2D eigenvalue weighted by Crippen LogP contribution is -2.40. The molecule has 0 aliphatic carbocycles. The van der Waals surface area contributed by atoms with Crippen LogP contribution in [0.4, 0.5) is 0 Å². The summed E-state index contributed by atoms with van der Waals surface area (Å²) < 4.78 is 5.06. The third kappa shape index (κ3) is 3.88. The molecular formula is C16H23NO4. The largest absolute Gasteiger partial charge is 0.504 e. The zero-order valence-electron chi connectivity index (χ0n) is 12.4. The topological polar surface area (TPSA) is 70.0 Å². The van der Waals surface area contributed by atoms with E-state index in [-0.39, 0.29) is 23.0 Å². The van der Waals surface area contributed by atoms with E-state index in [0.717, 1.165) is 32.3 Å². The summed E-state index contributed by atoms with van der Waals surface area (Å²) in [6, 6.07) is 4.49. The van der Waals surface area contributed by atoms with Crippen molar-refractivity contribution in [1.29, 1.82) is 0 Å². The van der Waals surface area contributed by atoms with Gasteiger partial charge in [0.2, 0.25) is 0 Å². The number of likely N-dealkylation sites (tertiary alicyclic amines) is 1. The first-order valence-corrected chi connectivity index (χ1v) is 7.42. The fourth-order valence-electron chi connectivity index (χ4n) is 2.88. The summed E-state index contributed by atoms with van der Waals surface area (Å²) >= 11 is 0. The quantitative estimate of drug-likeness (QED) is 0.646. The van der Waals surface area contributed by atoms with Gasteiger partial charge in [0.05, 0.1) is 5.56 Å². The highest BCUT2D eigenvalue weighted by atomic mass is 16.5. The summed E-state index contributed by atoms with van der Waals surface area (Å²) in [6.45, 7) is 2.16. The minimum Gasteiger partial charge on any atom is -0.504 e. The van der Waals surface area contributed by atoms with Gasteiger partial charge in [-0.25, -0.2) is 0 Å². The number of hydrogen-bond acceptors (Lipinski definition) is 4. The molecule has 1 aromatic rings. The van der Waals surface area contributed by atoms with E-state index < -0.39 is 0 Å². The van der Waals surface area contributed by atoms with Crippen molar-refractivity contribution in [2.24, 2.45) is 5.92 Å². The van der Waals surface area contributed by atoms with Gasteiger partial charge in [0.15, 0.2) is 11.5 Å². The second-order valence-corrected chi connectivity index (χ2v) is 5.57. The highest BCUT2D eigenvalue weighted by molar-refractivity contribution is 5.97. The van der Waals surface area contributed by atoms with Gasteiger partial charge in [-0.05, 0) is 43.7 Å². The highest BCUT2D eigenvalue weighted by Crippen LogP contribution is 2.30. The van der Waals surface area contributed by atoms with Crippen LogP contribution in [-0.2, 0) is 4.74 Å². The van der Waals surface area contributed by atoms with E-state index in [2.05, 4.69) is 0 Å². The smallest absolute Gasteiger partial charge is 0.257 e. The number of aromatic hydroxyl groups is 2. The van der Waals surface area contributed by atoms with Gasteiger partial charge in [-0.15, -0.1) is 0 Å². The van der Waals surface area contributed by atoms with Gasteiger partial charge in [-0.3, -0.25) is 4.79 Å². The Kier molecular flexibility index (Phi) is 5.44. The van der Waals surface area contributed by atoms with E-state index in [0.29, 0.717) is 19.0 Å². The van der Waals surface area contributed by atoms with E-state index in [9.17, 15) is 15.0 Å². The first kappa shape index (κ1) is 15.6. The minimum absolute atomic E-state index is 0.174. The molecule has 0 saturated carbocycles. The van der Waals surface area contributed by atoms with Crippen molar-refractivity contribution in [3.63, 3.8) is 0 Å². The highest BCUT2D eigenvalue weighted by Gasteiger charge is 2.26. The van der Waals surface area contributed by atoms with Crippen molar-refractivity contribution in [2.45, 2.75) is 25.7 Å². The van der Waals surface area contributed by atoms with Gasteiger partial charge in [0.1, 0.15) is 0 Å². The van der Waals surface area contributed by atoms with Crippen molar-refractivity contribution < 1.29 is 19.7 Å². The number of phenolic OH excluding ortho intramolecular Hbond substituents is 2. The number of amides is 1. The average Bonchev–Trinajstić information content (AvgIpc) is 2.50. The van der Waals surface area contributed by atoms with Crippen LogP contribution >= 0.6 is 0 Å². The van der Waals surface area contributed by atoms with Crippen molar-refractivity contribution in [2.75, 3.05) is 26.8 Å². The third-order valence-electron chi connectivity index (χ3n) is 4.01. The van der Waals surface area contributed by atoms with E-state index in [1.807, 2.05) is 0 Å². The summed E-state index contributed by atoms with van der Waals surface area (Å²) in [6.07, 6.45) is 4.15. The Morgan fingerprint density at radius 2 is 2.24 bits per heavy atom. The molecule has 1 aliphatic rings. The van der Waals surface area contributed by atoms with Crippen LogP contribution in [0, 0.1) is 5.92 Å². The predicted octanol–water partition coefficient (Wildman–Crippen LogP) is 2.38. The molecule has 1 aliphatic heterocycles. The number of carbonyl (C=O) groups is 1. The van der Waals surface area contributed by atoms with Gasteiger partial charge in [-0.1, -0.05) is 6.07 Å². The number of piperidine rings is 1. The lowest BCUT2D eigenvalue weighted by molar-refractivity contribution is 0.0657. The Morgan fingerprint density at radius 3 is 3.00 bits per heavy atom. The van der Waals surface area contributed by atoms with Gasteiger partial charge < -0.3 is 19.8 Å². The first-order valence-electron chi connectivity index (χ1n) is 7.42. The van der Waals surface area contributed by atoms with Crippen LogP contribution in [0.5, 0.6) is 11.5 Å². The minimum atomic E-state index is -0.330. The standard InChI is InChI=1S/C16H23NO4/c1-21-10-4-6-12-5-3-9-17(11-12)16(20)13-7-2-8-14(18)15(13)19/h2,7-8,12,18-19H,3-6,9-11H2,1H3/t12-/m1/s1. The molecule has 116 valence electrons. The van der Waals surface area contributed by atoms with Crippen LogP contribution in [0.2, 0.25) is 0 Å². The second kappa shape index (κ2) is 7.31. The lowest BCUT2D eigenvalue weighted by atomic mass is 9.93. The number of phenols is 2. The Bertz CT molecular complexity index is 489. The monoisotopic (exact) mass is 293 g/mol. The van der Waals surface area contributed by atoms with Crippen LogP contribution in [0.3, 0.4) is 0 Å². The molecule has 1 atom stereocenters. The van der Waals surface area contributed by atoms with Gasteiger partial charge in [0.25, 0.3) is 5.91 Å². The van der Waals surface area contributed by atoms with E-state index in [1.54, 1.807) is 24.1 Å². The molecule has 21 heavy (non-hydrogen) atoms. The molecule has 1 amide bonds. The number of para-hydroxylation sites is 1. The molecule has 5 nitrogen and oxygen atoms in total. The number of carbonyl (C=O) groups excluding carboxylic acids is 1. The van der Waals surface area contributed by atoms with Gasteiger partial charge in [-0.2, -0.15) is 0 Å². The van der Waals surface area contributed by atoms with Crippen LogP contribution in [0.15, 0.2) is 18.2 Å². The Morgan fingerprint density at radius 1 is 1.43 bits per heavy atom. The lowest BCUT2D eigenvalue weighted by Gasteiger charge is -2.33. The Balaban J connectivity index is 2.00. The zero-order valence-corrected chi connectivity index (χ0v) is 12.4. The fraction of sp³-hybridized carbons (Fsp3) is 0.562. The Labute approximate surface area is 125 Å². The number of hydrogen-bond donors (Lipinski definition) is 2. The van der Waals surface area contributed by atoms with Crippen molar-refractivity contribution in [3.8, 4) is 11.5 Å². The second-order valence-electron chi connectivity index (χ2n) is 5.57. The molecule has 0 radical (unpaired) electrons. The van der Waals surface area contributed by atoms with Gasteiger partial charge >= 0.3 is 0 Å². The molecule has 0 bridgehead atoms. The SMILES string of the molecule is COCCC[C@H]1CCCN(C(=O)c2cccc(O)c2O)C1. The average molecular weight is 293 g/mol. The summed E-state index contributed by atoms with van der Waals surface area (Å²) in [5.74, 6) is -0.310. The van der Waals surface area contributed by atoms with Crippen molar-refractivity contribution in [1.82, 2.24) is 4.90 Å². The number of methoxy groups -OCH3 is 1. The van der Waals surface area contributed by atoms with Crippen LogP contribution < -0.4 is 0 Å². The van der Waals surface area contributed by atoms with Crippen LogP contribution in [0.1, 0.15) is 36.0 Å². The molecule has 1 heterocycles. The van der Waals surface area contributed by atoms with Crippen LogP contribution in [-0.4, -0.2) is 47.8 Å². The molecule has 1 aromatic carbocycles. The molecule has 0 aromatic heterocycles. The number of ether oxygens (including phenoxy) is 1. The molecule has 5 heteroatoms. The molecule has 0 spiro atoms. The van der Waals surface area contributed by atoms with Crippen LogP contribution in [0.25, 0.3) is 0 Å². The van der Waals surface area contributed by atoms with Crippen molar-refractivity contribution >= 4 is 5.91 Å². The summed E-state index contributed by atoms with van der Waals surface area (Å²) in [5, 5.41) is 19.3. The Hall–Kier alpha value is -1.75. The zero-order chi connectivity index (χ0) is 15.2. The van der Waals surface area contributed by atoms with E-state index in [4.69, 9.17) is 4.74 Å². The molecule has 0 unspecified atom stereocenters. The maximum atomic E-state index is 12.5. The summed E-state index contributed by atoms with van der Waals surface area (Å²) in [5.41, 5.74) is 0.174. The van der Waals surface area contributed by atoms with E-state index in [1.165, 1.54) is 6.07 Å². The summed E-state index contributed by atoms with van der Waals surface area (Å²) in [4.78, 5) is 14.3. The fourth-order valence-corrected chi connectivity index (χ4v) is 2.88. The molecular weight excluding hydrogens is 270 g/mol. The predicted molar refractivity (Wildman–Crippen MR) is 79.5 cm³/mol. The summed E-state index contributed by atoms with van der Waals surface area (Å²) in [7, 11) is 1.70.